The second-order valence-corrected chi connectivity index (χ2v) is 9.15. The minimum Gasteiger partial charge on any atom is -0.493 e. The zero-order valence-corrected chi connectivity index (χ0v) is 19.6. The fourth-order valence-electron chi connectivity index (χ4n) is 4.23. The molecule has 0 unspecified atom stereocenters. The van der Waals surface area contributed by atoms with Gasteiger partial charge in [-0.15, -0.1) is 0 Å². The summed E-state index contributed by atoms with van der Waals surface area (Å²) in [5.74, 6) is 1.52. The average Bonchev–Trinajstić information content (AvgIpc) is 3.05. The van der Waals surface area contributed by atoms with Gasteiger partial charge in [0.25, 0.3) is 0 Å². The maximum atomic E-state index is 12.8. The molecule has 0 aliphatic carbocycles. The lowest BCUT2D eigenvalue weighted by atomic mass is 9.98. The number of hydrogen-bond donors (Lipinski definition) is 0. The Morgan fingerprint density at radius 2 is 1.75 bits per heavy atom. The Hall–Kier alpha value is -2.84. The molecule has 8 heteroatoms. The van der Waals surface area contributed by atoms with Gasteiger partial charge in [-0.1, -0.05) is 29.8 Å². The van der Waals surface area contributed by atoms with Crippen LogP contribution in [0.25, 0.3) is 0 Å². The van der Waals surface area contributed by atoms with Crippen LogP contribution in [0, 0.1) is 6.92 Å². The summed E-state index contributed by atoms with van der Waals surface area (Å²) in [7, 11) is 3.31. The molecule has 4 rings (SSSR count). The van der Waals surface area contributed by atoms with Gasteiger partial charge < -0.3 is 9.47 Å². The minimum atomic E-state index is -0.220. The lowest BCUT2D eigenvalue weighted by Gasteiger charge is -2.29. The quantitative estimate of drug-likeness (QED) is 0.523. The van der Waals surface area contributed by atoms with E-state index in [4.69, 9.17) is 9.47 Å². The van der Waals surface area contributed by atoms with Gasteiger partial charge in [0, 0.05) is 37.7 Å². The van der Waals surface area contributed by atoms with Crippen LogP contribution < -0.4 is 20.0 Å². The van der Waals surface area contributed by atoms with Gasteiger partial charge >= 0.3 is 10.6 Å². The van der Waals surface area contributed by atoms with Crippen molar-refractivity contribution in [2.75, 3.05) is 27.3 Å². The highest BCUT2D eigenvalue weighted by atomic mass is 32.1. The molecule has 3 aromatic rings. The maximum Gasteiger partial charge on any atom is 0.341 e. The smallest absolute Gasteiger partial charge is 0.341 e. The Balaban J connectivity index is 1.37. The molecule has 2 aromatic carbocycles. The molecule has 0 amide bonds. The molecule has 0 fully saturated rings. The van der Waals surface area contributed by atoms with Gasteiger partial charge in [0.05, 0.1) is 20.8 Å². The van der Waals surface area contributed by atoms with Gasteiger partial charge in [0.15, 0.2) is 11.5 Å². The summed E-state index contributed by atoms with van der Waals surface area (Å²) in [5.41, 5.74) is 4.40. The fraction of sp³-hybridized carbons (Fsp3) is 0.417. The first-order chi connectivity index (χ1) is 15.5. The lowest BCUT2D eigenvalue weighted by molar-refractivity contribution is 0.245. The molecule has 7 nitrogen and oxygen atoms in total. The predicted molar refractivity (Wildman–Crippen MR) is 126 cm³/mol. The summed E-state index contributed by atoms with van der Waals surface area (Å²) in [6.07, 6.45) is 1.77. The van der Waals surface area contributed by atoms with Crippen molar-refractivity contribution in [1.82, 2.24) is 13.4 Å². The van der Waals surface area contributed by atoms with E-state index in [1.807, 2.05) is 31.2 Å². The van der Waals surface area contributed by atoms with E-state index in [-0.39, 0.29) is 10.6 Å². The second kappa shape index (κ2) is 9.75. The van der Waals surface area contributed by atoms with Crippen molar-refractivity contribution in [2.45, 2.75) is 39.4 Å². The number of ether oxygens (including phenoxy) is 2. The molecule has 1 aromatic heterocycles. The van der Waals surface area contributed by atoms with Crippen molar-refractivity contribution in [2.24, 2.45) is 0 Å². The Bertz CT molecular complexity index is 1210. The molecule has 0 saturated heterocycles. The maximum absolute atomic E-state index is 12.8. The Morgan fingerprint density at radius 3 is 2.47 bits per heavy atom. The van der Waals surface area contributed by atoms with Crippen LogP contribution in [0.15, 0.2) is 46.0 Å². The highest BCUT2D eigenvalue weighted by Gasteiger charge is 2.19. The van der Waals surface area contributed by atoms with E-state index in [9.17, 15) is 9.59 Å². The molecular formula is C24H29N3O4S. The Morgan fingerprint density at radius 1 is 1.00 bits per heavy atom. The zero-order valence-electron chi connectivity index (χ0n) is 18.8. The number of benzene rings is 2. The molecule has 32 heavy (non-hydrogen) atoms. The topological polar surface area (TPSA) is 65.7 Å². The van der Waals surface area contributed by atoms with Crippen LogP contribution in [0.5, 0.6) is 11.5 Å². The van der Waals surface area contributed by atoms with Crippen molar-refractivity contribution in [1.29, 1.82) is 0 Å². The van der Waals surface area contributed by atoms with E-state index in [1.54, 1.807) is 18.2 Å². The van der Waals surface area contributed by atoms with Crippen LogP contribution in [0.4, 0.5) is 0 Å². The fourth-order valence-corrected chi connectivity index (χ4v) is 5.06. The highest BCUT2D eigenvalue weighted by molar-refractivity contribution is 7.03. The molecule has 170 valence electrons. The van der Waals surface area contributed by atoms with Gasteiger partial charge in [0.1, 0.15) is 0 Å². The lowest BCUT2D eigenvalue weighted by Crippen LogP contribution is -2.33. The summed E-state index contributed by atoms with van der Waals surface area (Å²) in [6, 6.07) is 12.0. The Labute approximate surface area is 191 Å². The van der Waals surface area contributed by atoms with Crippen molar-refractivity contribution >= 4 is 11.5 Å². The third-order valence-corrected chi connectivity index (χ3v) is 6.84. The normalized spacial score (nSPS) is 13.7. The van der Waals surface area contributed by atoms with E-state index in [2.05, 4.69) is 17.0 Å². The standard InChI is InChI=1S/C24H29N3O4S/c1-17-6-4-7-18(12-17)15-26-23(28)27(32-24(26)29)10-5-9-25-11-8-19-13-21(30-2)22(31-3)14-20(19)16-25/h4,6-7,12-14H,5,8-11,15-16H2,1-3H3. The van der Waals surface area contributed by atoms with Crippen molar-refractivity contribution in [3.8, 4) is 11.5 Å². The van der Waals surface area contributed by atoms with Gasteiger partial charge in [-0.05, 0) is 48.6 Å². The first-order valence-electron chi connectivity index (χ1n) is 10.8. The molecule has 2 heterocycles. The number of hydrogen-bond acceptors (Lipinski definition) is 6. The summed E-state index contributed by atoms with van der Waals surface area (Å²) in [5, 5.41) is 0. The van der Waals surface area contributed by atoms with Gasteiger partial charge in [0.2, 0.25) is 0 Å². The summed E-state index contributed by atoms with van der Waals surface area (Å²) < 4.78 is 13.8. The number of rotatable bonds is 8. The zero-order chi connectivity index (χ0) is 22.7. The van der Waals surface area contributed by atoms with E-state index in [0.29, 0.717) is 13.1 Å². The molecule has 1 aliphatic rings. The van der Waals surface area contributed by atoms with Crippen LogP contribution in [-0.4, -0.2) is 40.7 Å². The SMILES string of the molecule is COc1cc2c(cc1OC)CN(CCCn1sc(=O)n(Cc3cccc(C)c3)c1=O)CC2. The van der Waals surface area contributed by atoms with Gasteiger partial charge in [-0.3, -0.25) is 9.69 Å². The molecule has 0 spiro atoms. The molecule has 1 aliphatic heterocycles. The van der Waals surface area contributed by atoms with Crippen molar-refractivity contribution in [3.05, 3.63) is 78.8 Å². The third kappa shape index (κ3) is 4.81. The van der Waals surface area contributed by atoms with Crippen LogP contribution in [0.1, 0.15) is 28.7 Å². The second-order valence-electron chi connectivity index (χ2n) is 8.17. The molecule has 0 N–H and O–H groups in total. The predicted octanol–water partition coefficient (Wildman–Crippen LogP) is 2.89. The summed E-state index contributed by atoms with van der Waals surface area (Å²) >= 11 is 1.01. The molecule has 0 atom stereocenters. The monoisotopic (exact) mass is 455 g/mol. The van der Waals surface area contributed by atoms with Crippen LogP contribution in [-0.2, 0) is 26.1 Å². The molecule has 0 bridgehead atoms. The van der Waals surface area contributed by atoms with E-state index < -0.39 is 0 Å². The molecule has 0 saturated carbocycles. The van der Waals surface area contributed by atoms with Crippen molar-refractivity contribution < 1.29 is 9.47 Å². The van der Waals surface area contributed by atoms with Crippen LogP contribution in [0.2, 0.25) is 0 Å². The number of fused-ring (bicyclic) bond motifs is 1. The number of nitrogens with zero attached hydrogens (tertiary/aromatic N) is 3. The van der Waals surface area contributed by atoms with E-state index in [0.717, 1.165) is 66.6 Å². The molecule has 0 radical (unpaired) electrons. The summed E-state index contributed by atoms with van der Waals surface area (Å²) in [6.45, 7) is 5.54. The first-order valence-corrected chi connectivity index (χ1v) is 11.6. The van der Waals surface area contributed by atoms with Crippen molar-refractivity contribution in [3.63, 3.8) is 0 Å². The van der Waals surface area contributed by atoms with E-state index in [1.165, 1.54) is 15.7 Å². The molecular weight excluding hydrogens is 426 g/mol. The summed E-state index contributed by atoms with van der Waals surface area (Å²) in [4.78, 5) is 27.3. The third-order valence-electron chi connectivity index (χ3n) is 5.91. The largest absolute Gasteiger partial charge is 0.493 e. The number of aryl methyl sites for hydroxylation is 2. The number of aromatic nitrogens is 2. The highest BCUT2D eigenvalue weighted by Crippen LogP contribution is 2.33. The number of methoxy groups -OCH3 is 2. The van der Waals surface area contributed by atoms with Crippen LogP contribution in [0.3, 0.4) is 0 Å². The van der Waals surface area contributed by atoms with Gasteiger partial charge in [-0.2, -0.15) is 0 Å². The van der Waals surface area contributed by atoms with Crippen LogP contribution >= 0.6 is 11.5 Å². The van der Waals surface area contributed by atoms with E-state index >= 15 is 0 Å². The first kappa shape index (κ1) is 22.4. The Kier molecular flexibility index (Phi) is 6.81. The van der Waals surface area contributed by atoms with Gasteiger partial charge in [-0.25, -0.2) is 13.3 Å². The average molecular weight is 456 g/mol. The minimum absolute atomic E-state index is 0.204.